The van der Waals surface area contributed by atoms with E-state index in [9.17, 15) is 0 Å². The summed E-state index contributed by atoms with van der Waals surface area (Å²) in [6.45, 7) is 4.79. The van der Waals surface area contributed by atoms with E-state index in [1.54, 1.807) is 12.4 Å². The smallest absolute Gasteiger partial charge is 0.222 e. The standard InChI is InChI=1S/C20H23N5O/c1-3-14(16-5-8-21-18(16)4-1)10-25-11-17-15(13-26-19(17)12-25)9-24-20-22-6-2-7-23-20/h1-8,15,17,19,21H,9-13H2,(H,22,23,24)/t15-,17+,19+/m1/s1. The van der Waals surface area contributed by atoms with E-state index in [0.29, 0.717) is 23.9 Å². The zero-order valence-corrected chi connectivity index (χ0v) is 14.6. The number of hydrogen-bond donors (Lipinski definition) is 2. The van der Waals surface area contributed by atoms with E-state index < -0.39 is 0 Å². The quantitative estimate of drug-likeness (QED) is 0.741. The summed E-state index contributed by atoms with van der Waals surface area (Å²) in [5.41, 5.74) is 2.60. The van der Waals surface area contributed by atoms with Crippen molar-refractivity contribution in [1.82, 2.24) is 19.9 Å². The van der Waals surface area contributed by atoms with Crippen LogP contribution in [0.2, 0.25) is 0 Å². The highest BCUT2D eigenvalue weighted by Gasteiger charge is 2.43. The van der Waals surface area contributed by atoms with Gasteiger partial charge >= 0.3 is 0 Å². The third-order valence-corrected chi connectivity index (χ3v) is 5.68. The van der Waals surface area contributed by atoms with Gasteiger partial charge in [0.1, 0.15) is 0 Å². The third kappa shape index (κ3) is 2.95. The molecule has 0 saturated carbocycles. The molecule has 2 aromatic heterocycles. The Morgan fingerprint density at radius 2 is 2.08 bits per heavy atom. The molecular weight excluding hydrogens is 326 g/mol. The van der Waals surface area contributed by atoms with E-state index in [2.05, 4.69) is 49.4 Å². The fourth-order valence-corrected chi connectivity index (χ4v) is 4.36. The molecule has 0 unspecified atom stereocenters. The van der Waals surface area contributed by atoms with Gasteiger partial charge in [-0.3, -0.25) is 4.90 Å². The summed E-state index contributed by atoms with van der Waals surface area (Å²) in [6, 6.07) is 10.5. The van der Waals surface area contributed by atoms with Crippen LogP contribution in [0.5, 0.6) is 0 Å². The van der Waals surface area contributed by atoms with Gasteiger partial charge in [-0.15, -0.1) is 0 Å². The van der Waals surface area contributed by atoms with Gasteiger partial charge in [0.25, 0.3) is 0 Å². The Balaban J connectivity index is 1.23. The minimum Gasteiger partial charge on any atom is -0.376 e. The van der Waals surface area contributed by atoms with Gasteiger partial charge in [-0.1, -0.05) is 12.1 Å². The number of rotatable bonds is 5. The van der Waals surface area contributed by atoms with Gasteiger partial charge in [0.15, 0.2) is 0 Å². The van der Waals surface area contributed by atoms with Crippen molar-refractivity contribution in [2.24, 2.45) is 11.8 Å². The molecule has 0 amide bonds. The number of likely N-dealkylation sites (tertiary alicyclic amines) is 1. The number of benzene rings is 1. The van der Waals surface area contributed by atoms with Crippen molar-refractivity contribution in [1.29, 1.82) is 0 Å². The molecule has 0 aliphatic carbocycles. The molecule has 4 heterocycles. The predicted molar refractivity (Wildman–Crippen MR) is 101 cm³/mol. The highest BCUT2D eigenvalue weighted by Crippen LogP contribution is 2.34. The molecule has 1 aromatic carbocycles. The average Bonchev–Trinajstić information content (AvgIpc) is 3.37. The molecule has 2 fully saturated rings. The van der Waals surface area contributed by atoms with Gasteiger partial charge in [-0.25, -0.2) is 9.97 Å². The second-order valence-electron chi connectivity index (χ2n) is 7.30. The number of aromatic nitrogens is 3. The molecule has 2 saturated heterocycles. The summed E-state index contributed by atoms with van der Waals surface area (Å²) in [5, 5.41) is 4.68. The van der Waals surface area contributed by atoms with Gasteiger partial charge < -0.3 is 15.0 Å². The first-order valence-electron chi connectivity index (χ1n) is 9.26. The largest absolute Gasteiger partial charge is 0.376 e. The monoisotopic (exact) mass is 349 g/mol. The molecule has 6 nitrogen and oxygen atoms in total. The molecule has 3 aromatic rings. The highest BCUT2D eigenvalue weighted by atomic mass is 16.5. The van der Waals surface area contributed by atoms with Gasteiger partial charge in [0, 0.05) is 67.5 Å². The molecular formula is C20H23N5O. The first-order chi connectivity index (χ1) is 12.9. The van der Waals surface area contributed by atoms with Crippen LogP contribution in [0, 0.1) is 11.8 Å². The maximum Gasteiger partial charge on any atom is 0.222 e. The molecule has 2 aliphatic heterocycles. The van der Waals surface area contributed by atoms with E-state index in [0.717, 1.165) is 32.8 Å². The Kier molecular flexibility index (Phi) is 4.07. The lowest BCUT2D eigenvalue weighted by molar-refractivity contribution is 0.0946. The van der Waals surface area contributed by atoms with Crippen molar-refractivity contribution in [3.05, 3.63) is 54.5 Å². The minimum atomic E-state index is 0.351. The Bertz CT molecular complexity index is 880. The van der Waals surface area contributed by atoms with E-state index in [-0.39, 0.29) is 0 Å². The van der Waals surface area contributed by atoms with Crippen LogP contribution in [0.3, 0.4) is 0 Å². The van der Waals surface area contributed by atoms with Crippen molar-refractivity contribution in [3.8, 4) is 0 Å². The molecule has 0 radical (unpaired) electrons. The lowest BCUT2D eigenvalue weighted by Gasteiger charge is -2.20. The molecule has 3 atom stereocenters. The number of anilines is 1. The van der Waals surface area contributed by atoms with E-state index in [1.165, 1.54) is 16.5 Å². The van der Waals surface area contributed by atoms with Crippen molar-refractivity contribution >= 4 is 16.9 Å². The summed E-state index contributed by atoms with van der Waals surface area (Å²) in [4.78, 5) is 14.3. The van der Waals surface area contributed by atoms with E-state index in [1.807, 2.05) is 12.3 Å². The van der Waals surface area contributed by atoms with Crippen LogP contribution >= 0.6 is 0 Å². The molecule has 2 N–H and O–H groups in total. The maximum absolute atomic E-state index is 6.09. The third-order valence-electron chi connectivity index (χ3n) is 5.68. The van der Waals surface area contributed by atoms with Gasteiger partial charge in [-0.2, -0.15) is 0 Å². The topological polar surface area (TPSA) is 66.1 Å². The number of aromatic amines is 1. The Morgan fingerprint density at radius 1 is 1.15 bits per heavy atom. The fourth-order valence-electron chi connectivity index (χ4n) is 4.36. The highest BCUT2D eigenvalue weighted by molar-refractivity contribution is 5.82. The molecule has 6 heteroatoms. The molecule has 134 valence electrons. The number of nitrogens with zero attached hydrogens (tertiary/aromatic N) is 3. The fraction of sp³-hybridized carbons (Fsp3) is 0.400. The number of hydrogen-bond acceptors (Lipinski definition) is 5. The van der Waals surface area contributed by atoms with Crippen LogP contribution in [-0.2, 0) is 11.3 Å². The second-order valence-corrected chi connectivity index (χ2v) is 7.30. The van der Waals surface area contributed by atoms with Gasteiger partial charge in [0.05, 0.1) is 12.7 Å². The number of nitrogens with one attached hydrogen (secondary N) is 2. The van der Waals surface area contributed by atoms with Crippen molar-refractivity contribution in [2.45, 2.75) is 12.6 Å². The molecule has 5 rings (SSSR count). The second kappa shape index (κ2) is 6.70. The number of ether oxygens (including phenoxy) is 1. The van der Waals surface area contributed by atoms with Crippen molar-refractivity contribution in [2.75, 3.05) is 31.6 Å². The first-order valence-corrected chi connectivity index (χ1v) is 9.26. The Hall–Kier alpha value is -2.44. The van der Waals surface area contributed by atoms with Crippen LogP contribution in [0.15, 0.2) is 48.9 Å². The summed E-state index contributed by atoms with van der Waals surface area (Å²) >= 11 is 0. The Morgan fingerprint density at radius 3 is 3.00 bits per heavy atom. The van der Waals surface area contributed by atoms with Crippen LogP contribution in [0.4, 0.5) is 5.95 Å². The summed E-state index contributed by atoms with van der Waals surface area (Å²) < 4.78 is 6.09. The molecule has 0 bridgehead atoms. The number of fused-ring (bicyclic) bond motifs is 2. The van der Waals surface area contributed by atoms with Crippen LogP contribution in [0.1, 0.15) is 5.56 Å². The maximum atomic E-state index is 6.09. The predicted octanol–water partition coefficient (Wildman–Crippen LogP) is 2.52. The van der Waals surface area contributed by atoms with E-state index >= 15 is 0 Å². The summed E-state index contributed by atoms with van der Waals surface area (Å²) in [7, 11) is 0. The lowest BCUT2D eigenvalue weighted by Crippen LogP contribution is -2.27. The van der Waals surface area contributed by atoms with Gasteiger partial charge in [0.2, 0.25) is 5.95 Å². The molecule has 0 spiro atoms. The molecule has 2 aliphatic rings. The van der Waals surface area contributed by atoms with Crippen LogP contribution < -0.4 is 5.32 Å². The summed E-state index contributed by atoms with van der Waals surface area (Å²) in [6.07, 6.45) is 5.90. The van der Waals surface area contributed by atoms with Crippen molar-refractivity contribution in [3.63, 3.8) is 0 Å². The average molecular weight is 349 g/mol. The van der Waals surface area contributed by atoms with Crippen LogP contribution in [-0.4, -0.2) is 52.2 Å². The SMILES string of the molecule is c1cnc(NC[C@@H]2CO[C@H]3CN(Cc4cccc5[nH]ccc45)C[C@@H]23)nc1. The van der Waals surface area contributed by atoms with Crippen molar-refractivity contribution < 1.29 is 4.74 Å². The zero-order valence-electron chi connectivity index (χ0n) is 14.6. The Labute approximate surface area is 152 Å². The van der Waals surface area contributed by atoms with Gasteiger partial charge in [-0.05, 0) is 23.8 Å². The lowest BCUT2D eigenvalue weighted by atomic mass is 9.93. The minimum absolute atomic E-state index is 0.351. The number of H-pyrrole nitrogens is 1. The van der Waals surface area contributed by atoms with E-state index in [4.69, 9.17) is 4.74 Å². The first kappa shape index (κ1) is 15.8. The zero-order chi connectivity index (χ0) is 17.3. The molecule has 26 heavy (non-hydrogen) atoms. The summed E-state index contributed by atoms with van der Waals surface area (Å²) in [5.74, 6) is 1.79. The normalized spacial score (nSPS) is 25.6. The van der Waals surface area contributed by atoms with Crippen LogP contribution in [0.25, 0.3) is 10.9 Å².